The van der Waals surface area contributed by atoms with Gasteiger partial charge in [-0.15, -0.1) is 0 Å². The van der Waals surface area contributed by atoms with Crippen LogP contribution in [-0.4, -0.2) is 39.8 Å². The van der Waals surface area contributed by atoms with E-state index in [-0.39, 0.29) is 18.9 Å². The van der Waals surface area contributed by atoms with E-state index in [4.69, 9.17) is 16.3 Å². The van der Waals surface area contributed by atoms with Gasteiger partial charge in [0.1, 0.15) is 5.75 Å². The molecule has 2 aromatic rings. The van der Waals surface area contributed by atoms with Crippen molar-refractivity contribution < 1.29 is 17.9 Å². The first-order valence-electron chi connectivity index (χ1n) is 9.11. The maximum Gasteiger partial charge on any atom is 0.261 e. The number of aryl methyl sites for hydroxylation is 1. The third kappa shape index (κ3) is 4.97. The second-order valence-corrected chi connectivity index (χ2v) is 9.00. The molecule has 8 heteroatoms. The van der Waals surface area contributed by atoms with Gasteiger partial charge in [-0.1, -0.05) is 41.9 Å². The summed E-state index contributed by atoms with van der Waals surface area (Å²) in [6.07, 6.45) is 2.19. The number of ether oxygens (including phenoxy) is 1. The Labute approximate surface area is 170 Å². The first kappa shape index (κ1) is 20.5. The van der Waals surface area contributed by atoms with E-state index < -0.39 is 16.1 Å². The highest BCUT2D eigenvalue weighted by molar-refractivity contribution is 7.92. The number of nitrogens with zero attached hydrogens (tertiary/aromatic N) is 1. The molecule has 6 nitrogen and oxygen atoms in total. The van der Waals surface area contributed by atoms with E-state index in [0.717, 1.165) is 29.7 Å². The predicted molar refractivity (Wildman–Crippen MR) is 110 cm³/mol. The summed E-state index contributed by atoms with van der Waals surface area (Å²) >= 11 is 6.14. The van der Waals surface area contributed by atoms with Crippen molar-refractivity contribution in [1.82, 2.24) is 5.32 Å². The lowest BCUT2D eigenvalue weighted by Crippen LogP contribution is -2.40. The van der Waals surface area contributed by atoms with E-state index in [1.807, 2.05) is 24.3 Å². The van der Waals surface area contributed by atoms with E-state index in [9.17, 15) is 13.2 Å². The fourth-order valence-corrected chi connectivity index (χ4v) is 4.34. The van der Waals surface area contributed by atoms with Crippen molar-refractivity contribution in [1.29, 1.82) is 0 Å². The summed E-state index contributed by atoms with van der Waals surface area (Å²) in [6.45, 7) is 0.676. The highest BCUT2D eigenvalue weighted by atomic mass is 35.5. The number of benzene rings is 2. The number of carbonyl (C=O) groups is 1. The Balaban J connectivity index is 1.60. The summed E-state index contributed by atoms with van der Waals surface area (Å²) in [4.78, 5) is 12.6. The fourth-order valence-electron chi connectivity index (χ4n) is 3.16. The van der Waals surface area contributed by atoms with Crippen LogP contribution in [0.3, 0.4) is 0 Å². The third-order valence-electron chi connectivity index (χ3n) is 4.57. The van der Waals surface area contributed by atoms with Crippen molar-refractivity contribution in [3.63, 3.8) is 0 Å². The standard InChI is InChI=1S/C20H23ClN2O4S/c1-28(25,26)23-14-12-19(27-18-11-5-4-10-17(18)23)20(24)22-13-6-8-15-7-2-3-9-16(15)21/h2-5,7,9-11,19H,6,8,12-14H2,1H3,(H,22,24). The van der Waals surface area contributed by atoms with Gasteiger partial charge in [0.15, 0.2) is 6.10 Å². The molecule has 1 N–H and O–H groups in total. The maximum atomic E-state index is 12.6. The third-order valence-corrected chi connectivity index (χ3v) is 6.12. The number of para-hydroxylation sites is 2. The van der Waals surface area contributed by atoms with E-state index in [1.54, 1.807) is 24.3 Å². The topological polar surface area (TPSA) is 75.7 Å². The molecule has 0 bridgehead atoms. The van der Waals surface area contributed by atoms with Crippen molar-refractivity contribution in [2.75, 3.05) is 23.7 Å². The van der Waals surface area contributed by atoms with Crippen molar-refractivity contribution >= 4 is 33.2 Å². The zero-order chi connectivity index (χ0) is 20.1. The maximum absolute atomic E-state index is 12.6. The normalized spacial score (nSPS) is 16.6. The molecule has 1 atom stereocenters. The molecule has 1 amide bonds. The van der Waals surface area contributed by atoms with Gasteiger partial charge >= 0.3 is 0 Å². The first-order chi connectivity index (χ1) is 13.4. The van der Waals surface area contributed by atoms with E-state index in [1.165, 1.54) is 4.31 Å². The number of carbonyl (C=O) groups excluding carboxylic acids is 1. The Morgan fingerprint density at radius 2 is 1.93 bits per heavy atom. The summed E-state index contributed by atoms with van der Waals surface area (Å²) in [5.41, 5.74) is 1.50. The van der Waals surface area contributed by atoms with Gasteiger partial charge in [0.25, 0.3) is 5.91 Å². The minimum Gasteiger partial charge on any atom is -0.478 e. The largest absolute Gasteiger partial charge is 0.478 e. The molecule has 0 fully saturated rings. The molecule has 28 heavy (non-hydrogen) atoms. The summed E-state index contributed by atoms with van der Waals surface area (Å²) in [7, 11) is -3.46. The number of hydrogen-bond acceptors (Lipinski definition) is 4. The molecular formula is C20H23ClN2O4S. The lowest BCUT2D eigenvalue weighted by molar-refractivity contribution is -0.128. The molecular weight excluding hydrogens is 400 g/mol. The zero-order valence-corrected chi connectivity index (χ0v) is 17.2. The van der Waals surface area contributed by atoms with Crippen LogP contribution in [0, 0.1) is 0 Å². The Morgan fingerprint density at radius 1 is 1.21 bits per heavy atom. The zero-order valence-electron chi connectivity index (χ0n) is 15.6. The van der Waals surface area contributed by atoms with Crippen LogP contribution in [0.5, 0.6) is 5.75 Å². The molecule has 150 valence electrons. The van der Waals surface area contributed by atoms with Crippen LogP contribution in [0.15, 0.2) is 48.5 Å². The first-order valence-corrected chi connectivity index (χ1v) is 11.3. The van der Waals surface area contributed by atoms with E-state index in [0.29, 0.717) is 18.0 Å². The highest BCUT2D eigenvalue weighted by Gasteiger charge is 2.30. The van der Waals surface area contributed by atoms with Crippen LogP contribution in [-0.2, 0) is 21.2 Å². The molecule has 2 aromatic carbocycles. The molecule has 0 aromatic heterocycles. The highest BCUT2D eigenvalue weighted by Crippen LogP contribution is 2.33. The van der Waals surface area contributed by atoms with Crippen LogP contribution in [0.2, 0.25) is 5.02 Å². The van der Waals surface area contributed by atoms with Gasteiger partial charge in [-0.3, -0.25) is 9.10 Å². The average Bonchev–Trinajstić information content (AvgIpc) is 2.86. The van der Waals surface area contributed by atoms with Crippen molar-refractivity contribution in [2.24, 2.45) is 0 Å². The molecule has 0 radical (unpaired) electrons. The van der Waals surface area contributed by atoms with Crippen LogP contribution in [0.25, 0.3) is 0 Å². The molecule has 1 aliphatic rings. The Morgan fingerprint density at radius 3 is 2.68 bits per heavy atom. The molecule has 0 spiro atoms. The van der Waals surface area contributed by atoms with Gasteiger partial charge in [0, 0.05) is 24.5 Å². The number of halogens is 1. The quantitative estimate of drug-likeness (QED) is 0.726. The van der Waals surface area contributed by atoms with Crippen molar-refractivity contribution in [3.8, 4) is 5.75 Å². The van der Waals surface area contributed by atoms with Crippen LogP contribution < -0.4 is 14.4 Å². The monoisotopic (exact) mass is 422 g/mol. The number of rotatable bonds is 6. The fraction of sp³-hybridized carbons (Fsp3) is 0.350. The summed E-state index contributed by atoms with van der Waals surface area (Å²) < 4.78 is 31.3. The van der Waals surface area contributed by atoms with Gasteiger partial charge in [-0.05, 0) is 36.6 Å². The number of amides is 1. The molecule has 3 rings (SSSR count). The Kier molecular flexibility index (Phi) is 6.46. The summed E-state index contributed by atoms with van der Waals surface area (Å²) in [5.74, 6) is 0.144. The van der Waals surface area contributed by atoms with Crippen LogP contribution in [0.4, 0.5) is 5.69 Å². The summed E-state index contributed by atoms with van der Waals surface area (Å²) in [6, 6.07) is 14.5. The van der Waals surface area contributed by atoms with Crippen LogP contribution in [0.1, 0.15) is 18.4 Å². The SMILES string of the molecule is CS(=O)(=O)N1CCC(C(=O)NCCCc2ccccc2Cl)Oc2ccccc21. The Hall–Kier alpha value is -2.25. The molecule has 0 saturated carbocycles. The minimum absolute atomic E-state index is 0.188. The Bertz CT molecular complexity index is 949. The average molecular weight is 423 g/mol. The number of anilines is 1. The van der Waals surface area contributed by atoms with Crippen LogP contribution >= 0.6 is 11.6 Å². The second-order valence-electron chi connectivity index (χ2n) is 6.68. The van der Waals surface area contributed by atoms with Gasteiger partial charge in [-0.2, -0.15) is 0 Å². The minimum atomic E-state index is -3.46. The number of nitrogens with one attached hydrogen (secondary N) is 1. The van der Waals surface area contributed by atoms with Gasteiger partial charge in [0.05, 0.1) is 11.9 Å². The van der Waals surface area contributed by atoms with E-state index in [2.05, 4.69) is 5.32 Å². The van der Waals surface area contributed by atoms with Gasteiger partial charge in [-0.25, -0.2) is 8.42 Å². The lowest BCUT2D eigenvalue weighted by Gasteiger charge is -2.20. The summed E-state index contributed by atoms with van der Waals surface area (Å²) in [5, 5.41) is 3.60. The molecule has 0 aliphatic carbocycles. The molecule has 1 heterocycles. The smallest absolute Gasteiger partial charge is 0.261 e. The lowest BCUT2D eigenvalue weighted by atomic mass is 10.1. The second kappa shape index (κ2) is 8.84. The van der Waals surface area contributed by atoms with Crippen molar-refractivity contribution in [3.05, 3.63) is 59.1 Å². The van der Waals surface area contributed by atoms with E-state index >= 15 is 0 Å². The molecule has 1 aliphatic heterocycles. The van der Waals surface area contributed by atoms with Gasteiger partial charge < -0.3 is 10.1 Å². The number of fused-ring (bicyclic) bond motifs is 1. The molecule has 1 unspecified atom stereocenters. The van der Waals surface area contributed by atoms with Gasteiger partial charge in [0.2, 0.25) is 10.0 Å². The van der Waals surface area contributed by atoms with Crippen molar-refractivity contribution in [2.45, 2.75) is 25.4 Å². The number of sulfonamides is 1. The number of hydrogen-bond donors (Lipinski definition) is 1. The predicted octanol–water partition coefficient (Wildman–Crippen LogP) is 3.01. The molecule has 0 saturated heterocycles.